The van der Waals surface area contributed by atoms with Crippen molar-refractivity contribution in [3.63, 3.8) is 0 Å². The van der Waals surface area contributed by atoms with Crippen molar-refractivity contribution in [3.05, 3.63) is 59.2 Å². The molecule has 0 aliphatic heterocycles. The molecule has 0 radical (unpaired) electrons. The van der Waals surface area contributed by atoms with E-state index in [4.69, 9.17) is 15.2 Å². The first kappa shape index (κ1) is 17.9. The van der Waals surface area contributed by atoms with E-state index >= 15 is 0 Å². The molecule has 0 amide bonds. The molecular formula is C18H21N3O2S. The van der Waals surface area contributed by atoms with Gasteiger partial charge in [0, 0.05) is 0 Å². The molecule has 2 rings (SSSR count). The second kappa shape index (κ2) is 8.98. The summed E-state index contributed by atoms with van der Waals surface area (Å²) in [7, 11) is 1.62. The van der Waals surface area contributed by atoms with Crippen LogP contribution in [-0.4, -0.2) is 24.7 Å². The highest BCUT2D eigenvalue weighted by atomic mass is 32.2. The fourth-order valence-corrected chi connectivity index (χ4v) is 2.05. The zero-order valence-electron chi connectivity index (χ0n) is 14.0. The summed E-state index contributed by atoms with van der Waals surface area (Å²) >= 11 is 1.35. The van der Waals surface area contributed by atoms with Gasteiger partial charge in [0.25, 0.3) is 0 Å². The third kappa shape index (κ3) is 5.31. The number of hydrogen-bond acceptors (Lipinski definition) is 5. The van der Waals surface area contributed by atoms with E-state index in [0.29, 0.717) is 23.3 Å². The maximum atomic E-state index is 5.89. The van der Waals surface area contributed by atoms with E-state index in [1.807, 2.05) is 36.6 Å². The Morgan fingerprint density at radius 2 is 1.92 bits per heavy atom. The molecule has 24 heavy (non-hydrogen) atoms. The maximum Gasteiger partial charge on any atom is 0.180 e. The minimum absolute atomic E-state index is 0.413. The molecule has 0 bridgehead atoms. The number of aryl methyl sites for hydroxylation is 1. The highest BCUT2D eigenvalue weighted by Crippen LogP contribution is 2.28. The van der Waals surface area contributed by atoms with Crippen molar-refractivity contribution >= 4 is 23.1 Å². The van der Waals surface area contributed by atoms with Gasteiger partial charge in [-0.2, -0.15) is 5.10 Å². The molecule has 0 saturated carbocycles. The van der Waals surface area contributed by atoms with Crippen molar-refractivity contribution in [2.24, 2.45) is 15.9 Å². The Morgan fingerprint density at radius 3 is 2.58 bits per heavy atom. The summed E-state index contributed by atoms with van der Waals surface area (Å²) < 4.78 is 11.2. The zero-order chi connectivity index (χ0) is 17.4. The summed E-state index contributed by atoms with van der Waals surface area (Å²) in [6, 6.07) is 13.8. The van der Waals surface area contributed by atoms with Crippen LogP contribution in [0.15, 0.2) is 52.7 Å². The van der Waals surface area contributed by atoms with E-state index in [2.05, 4.69) is 29.3 Å². The lowest BCUT2D eigenvalue weighted by atomic mass is 10.1. The Hall–Kier alpha value is -2.47. The van der Waals surface area contributed by atoms with Crippen molar-refractivity contribution in [3.8, 4) is 11.5 Å². The molecule has 0 aliphatic carbocycles. The molecule has 0 unspecified atom stereocenters. The summed E-state index contributed by atoms with van der Waals surface area (Å²) in [6.45, 7) is 2.53. The zero-order valence-corrected chi connectivity index (χ0v) is 14.8. The number of hydrogen-bond donors (Lipinski definition) is 1. The summed E-state index contributed by atoms with van der Waals surface area (Å²) in [6.07, 6.45) is 3.47. The van der Waals surface area contributed by atoms with E-state index < -0.39 is 0 Å². The van der Waals surface area contributed by atoms with Crippen LogP contribution >= 0.6 is 11.8 Å². The number of amidine groups is 1. The van der Waals surface area contributed by atoms with Gasteiger partial charge in [-0.05, 0) is 42.5 Å². The van der Waals surface area contributed by atoms with Gasteiger partial charge in [0.05, 0.1) is 13.3 Å². The SMILES string of the molecule is COc1ccc(/C=N\N=C(/N)SC)cc1OCc1ccc(C)cc1. The second-order valence-corrected chi connectivity index (χ2v) is 5.90. The van der Waals surface area contributed by atoms with Crippen LogP contribution in [0.3, 0.4) is 0 Å². The molecule has 0 saturated heterocycles. The average molecular weight is 343 g/mol. The smallest absolute Gasteiger partial charge is 0.180 e. The number of nitrogens with two attached hydrogens (primary N) is 1. The summed E-state index contributed by atoms with van der Waals surface area (Å²) in [5, 5.41) is 8.24. The van der Waals surface area contributed by atoms with E-state index in [1.165, 1.54) is 17.3 Å². The Bertz CT molecular complexity index is 728. The lowest BCUT2D eigenvalue weighted by molar-refractivity contribution is 0.284. The minimum Gasteiger partial charge on any atom is -0.493 e. The molecule has 0 aliphatic rings. The Labute approximate surface area is 146 Å². The highest BCUT2D eigenvalue weighted by molar-refractivity contribution is 8.13. The predicted molar refractivity (Wildman–Crippen MR) is 101 cm³/mol. The van der Waals surface area contributed by atoms with Crippen LogP contribution in [0, 0.1) is 6.92 Å². The van der Waals surface area contributed by atoms with Crippen LogP contribution in [0.2, 0.25) is 0 Å². The second-order valence-electron chi connectivity index (χ2n) is 5.07. The molecule has 0 atom stereocenters. The lowest BCUT2D eigenvalue weighted by Gasteiger charge is -2.11. The van der Waals surface area contributed by atoms with Gasteiger partial charge >= 0.3 is 0 Å². The number of benzene rings is 2. The van der Waals surface area contributed by atoms with Gasteiger partial charge < -0.3 is 15.2 Å². The molecule has 0 aromatic heterocycles. The molecular weight excluding hydrogens is 322 g/mol. The van der Waals surface area contributed by atoms with Gasteiger partial charge in [-0.3, -0.25) is 0 Å². The summed E-state index contributed by atoms with van der Waals surface area (Å²) in [4.78, 5) is 0. The molecule has 2 aromatic carbocycles. The Balaban J connectivity index is 2.12. The summed E-state index contributed by atoms with van der Waals surface area (Å²) in [5.41, 5.74) is 8.76. The normalized spacial score (nSPS) is 11.7. The van der Waals surface area contributed by atoms with E-state index in [0.717, 1.165) is 11.1 Å². The van der Waals surface area contributed by atoms with Gasteiger partial charge in [0.15, 0.2) is 16.7 Å². The van der Waals surface area contributed by atoms with Crippen molar-refractivity contribution in [2.75, 3.05) is 13.4 Å². The van der Waals surface area contributed by atoms with Crippen LogP contribution in [0.4, 0.5) is 0 Å². The van der Waals surface area contributed by atoms with Crippen LogP contribution < -0.4 is 15.2 Å². The largest absolute Gasteiger partial charge is 0.493 e. The predicted octanol–water partition coefficient (Wildman–Crippen LogP) is 3.59. The fraction of sp³-hybridized carbons (Fsp3) is 0.222. The fourth-order valence-electron chi connectivity index (χ4n) is 1.93. The highest BCUT2D eigenvalue weighted by Gasteiger charge is 2.06. The van der Waals surface area contributed by atoms with E-state index in [-0.39, 0.29) is 0 Å². The number of thioether (sulfide) groups is 1. The molecule has 126 valence electrons. The molecule has 5 nitrogen and oxygen atoms in total. The van der Waals surface area contributed by atoms with Crippen LogP contribution in [-0.2, 0) is 6.61 Å². The maximum absolute atomic E-state index is 5.89. The molecule has 2 aromatic rings. The Morgan fingerprint density at radius 1 is 1.17 bits per heavy atom. The topological polar surface area (TPSA) is 69.2 Å². The quantitative estimate of drug-likeness (QED) is 0.494. The third-order valence-electron chi connectivity index (χ3n) is 3.27. The monoisotopic (exact) mass is 343 g/mol. The van der Waals surface area contributed by atoms with Gasteiger partial charge in [0.2, 0.25) is 0 Å². The van der Waals surface area contributed by atoms with Gasteiger partial charge in [-0.15, -0.1) is 5.10 Å². The molecule has 0 spiro atoms. The number of rotatable bonds is 6. The molecule has 0 heterocycles. The average Bonchev–Trinajstić information content (AvgIpc) is 2.61. The number of nitrogens with zero attached hydrogens (tertiary/aromatic N) is 2. The van der Waals surface area contributed by atoms with Gasteiger partial charge in [0.1, 0.15) is 6.61 Å². The van der Waals surface area contributed by atoms with Gasteiger partial charge in [-0.25, -0.2) is 0 Å². The van der Waals surface area contributed by atoms with E-state index in [9.17, 15) is 0 Å². The number of methoxy groups -OCH3 is 1. The Kier molecular flexibility index (Phi) is 6.69. The van der Waals surface area contributed by atoms with Crippen LogP contribution in [0.25, 0.3) is 0 Å². The molecule has 2 N–H and O–H groups in total. The van der Waals surface area contributed by atoms with Crippen molar-refractivity contribution in [2.45, 2.75) is 13.5 Å². The first-order valence-electron chi connectivity index (χ1n) is 7.39. The standard InChI is InChI=1S/C18H21N3O2S/c1-13-4-6-14(7-5-13)12-23-17-10-15(8-9-16(17)22-2)11-20-21-18(19)24-3/h4-11H,12H2,1-3H3,(H2,19,21)/b20-11-. The molecule has 6 heteroatoms. The third-order valence-corrected chi connectivity index (χ3v) is 3.77. The first-order valence-corrected chi connectivity index (χ1v) is 8.61. The van der Waals surface area contributed by atoms with Crippen LogP contribution in [0.1, 0.15) is 16.7 Å². The van der Waals surface area contributed by atoms with Gasteiger partial charge in [-0.1, -0.05) is 41.6 Å². The van der Waals surface area contributed by atoms with Crippen molar-refractivity contribution in [1.29, 1.82) is 0 Å². The first-order chi connectivity index (χ1) is 11.6. The van der Waals surface area contributed by atoms with E-state index in [1.54, 1.807) is 13.3 Å². The van der Waals surface area contributed by atoms with Crippen LogP contribution in [0.5, 0.6) is 11.5 Å². The summed E-state index contributed by atoms with van der Waals surface area (Å²) in [5.74, 6) is 1.33. The minimum atomic E-state index is 0.413. The lowest BCUT2D eigenvalue weighted by Crippen LogP contribution is -2.04. The molecule has 0 fully saturated rings. The van der Waals surface area contributed by atoms with Crippen molar-refractivity contribution in [1.82, 2.24) is 0 Å². The van der Waals surface area contributed by atoms with Crippen molar-refractivity contribution < 1.29 is 9.47 Å². The number of ether oxygens (including phenoxy) is 2.